The van der Waals surface area contributed by atoms with Gasteiger partial charge in [0.2, 0.25) is 12.2 Å². The van der Waals surface area contributed by atoms with Crippen LogP contribution in [0.25, 0.3) is 0 Å². The van der Waals surface area contributed by atoms with Crippen molar-refractivity contribution in [3.8, 4) is 11.5 Å². The zero-order chi connectivity index (χ0) is 27.4. The van der Waals surface area contributed by atoms with Crippen LogP contribution < -0.4 is 14.8 Å². The van der Waals surface area contributed by atoms with Crippen LogP contribution in [0, 0.1) is 0 Å². The molecule has 210 valence electrons. The quantitative estimate of drug-likeness (QED) is 0.0951. The van der Waals surface area contributed by atoms with E-state index in [4.69, 9.17) is 18.9 Å². The van der Waals surface area contributed by atoms with Crippen LogP contribution in [0.5, 0.6) is 11.5 Å². The second-order valence-electron chi connectivity index (χ2n) is 8.90. The van der Waals surface area contributed by atoms with Crippen LogP contribution in [0.2, 0.25) is 0 Å². The van der Waals surface area contributed by atoms with Crippen molar-refractivity contribution in [1.82, 2.24) is 0 Å². The van der Waals surface area contributed by atoms with Crippen molar-refractivity contribution in [1.29, 1.82) is 0 Å². The highest BCUT2D eigenvalue weighted by Gasteiger charge is 2.19. The van der Waals surface area contributed by atoms with Crippen LogP contribution in [-0.4, -0.2) is 55.2 Å². The Hall–Kier alpha value is -2.71. The number of hydrogen-bond acceptors (Lipinski definition) is 6. The maximum atomic E-state index is 12.6. The standard InChI is InChI=1S/C30H43NO6S/c1-4-7-19-35-30(37-29(33)24-36-25-13-9-8-10-14-25)17-20-34-27-16-12-11-15-26(27)31-28(32)18-23-38(21-5-2)22-6-3/h8-16,30H,4-7,17-24H2,1-3H3/p+1. The molecule has 0 spiro atoms. The van der Waals surface area contributed by atoms with E-state index in [1.165, 1.54) is 11.5 Å². The summed E-state index contributed by atoms with van der Waals surface area (Å²) >= 11 is 0. The van der Waals surface area contributed by atoms with Crippen LogP contribution in [0.3, 0.4) is 0 Å². The van der Waals surface area contributed by atoms with Crippen molar-refractivity contribution in [2.75, 3.05) is 42.4 Å². The molecule has 7 nitrogen and oxygen atoms in total. The second-order valence-corrected chi connectivity index (χ2v) is 11.4. The van der Waals surface area contributed by atoms with Crippen LogP contribution in [-0.2, 0) is 30.0 Å². The third-order valence-electron chi connectivity index (χ3n) is 5.54. The number of hydrogen-bond donors (Lipinski definition) is 1. The highest BCUT2D eigenvalue weighted by atomic mass is 32.2. The Bertz CT molecular complexity index is 920. The molecule has 0 aliphatic carbocycles. The fourth-order valence-electron chi connectivity index (χ4n) is 3.67. The zero-order valence-corrected chi connectivity index (χ0v) is 23.9. The van der Waals surface area contributed by atoms with Gasteiger partial charge in [0.25, 0.3) is 0 Å². The smallest absolute Gasteiger partial charge is 0.346 e. The molecule has 38 heavy (non-hydrogen) atoms. The molecular formula is C30H44NO6S+. The number of anilines is 1. The van der Waals surface area contributed by atoms with Crippen LogP contribution >= 0.6 is 0 Å². The first-order chi connectivity index (χ1) is 18.5. The summed E-state index contributed by atoms with van der Waals surface area (Å²) in [6.45, 7) is 7.00. The maximum absolute atomic E-state index is 12.6. The monoisotopic (exact) mass is 546 g/mol. The van der Waals surface area contributed by atoms with E-state index in [2.05, 4.69) is 26.1 Å². The van der Waals surface area contributed by atoms with Gasteiger partial charge in [0.1, 0.15) is 28.8 Å². The summed E-state index contributed by atoms with van der Waals surface area (Å²) in [6.07, 6.45) is 4.25. The maximum Gasteiger partial charge on any atom is 0.346 e. The van der Waals surface area contributed by atoms with E-state index in [1.54, 1.807) is 12.1 Å². The Labute approximate surface area is 230 Å². The molecule has 1 amide bonds. The van der Waals surface area contributed by atoms with Crippen LogP contribution in [0.15, 0.2) is 54.6 Å². The molecule has 0 aliphatic rings. The number of unbranched alkanes of at least 4 members (excludes halogenated alkanes) is 1. The van der Waals surface area contributed by atoms with Gasteiger partial charge >= 0.3 is 5.97 Å². The molecule has 0 heterocycles. The minimum atomic E-state index is -0.745. The average Bonchev–Trinajstić information content (AvgIpc) is 2.92. The van der Waals surface area contributed by atoms with E-state index in [1.807, 2.05) is 42.5 Å². The molecule has 0 aromatic heterocycles. The van der Waals surface area contributed by atoms with Gasteiger partial charge in [0.05, 0.1) is 25.3 Å². The summed E-state index contributed by atoms with van der Waals surface area (Å²) in [5.74, 6) is 3.96. The van der Waals surface area contributed by atoms with Crippen LogP contribution in [0.1, 0.15) is 59.3 Å². The fourth-order valence-corrected chi connectivity index (χ4v) is 5.91. The minimum Gasteiger partial charge on any atom is -0.491 e. The van der Waals surface area contributed by atoms with Gasteiger partial charge in [0.15, 0.2) is 6.61 Å². The fraction of sp³-hybridized carbons (Fsp3) is 0.533. The normalized spacial score (nSPS) is 11.7. The van der Waals surface area contributed by atoms with E-state index >= 15 is 0 Å². The summed E-state index contributed by atoms with van der Waals surface area (Å²) < 4.78 is 22.7. The van der Waals surface area contributed by atoms with E-state index in [0.717, 1.165) is 31.4 Å². The molecular weight excluding hydrogens is 502 g/mol. The topological polar surface area (TPSA) is 83.1 Å². The number of esters is 1. The Balaban J connectivity index is 1.85. The Morgan fingerprint density at radius 3 is 2.26 bits per heavy atom. The van der Waals surface area contributed by atoms with E-state index in [-0.39, 0.29) is 19.1 Å². The molecule has 0 aliphatic heterocycles. The number of para-hydroxylation sites is 3. The van der Waals surface area contributed by atoms with Gasteiger partial charge in [-0.25, -0.2) is 4.79 Å². The van der Waals surface area contributed by atoms with Crippen molar-refractivity contribution in [2.24, 2.45) is 0 Å². The van der Waals surface area contributed by atoms with E-state index < -0.39 is 12.3 Å². The first kappa shape index (κ1) is 31.5. The first-order valence-electron chi connectivity index (χ1n) is 13.7. The summed E-state index contributed by atoms with van der Waals surface area (Å²) in [5, 5.41) is 3.00. The summed E-state index contributed by atoms with van der Waals surface area (Å²) in [5.41, 5.74) is 0.639. The van der Waals surface area contributed by atoms with Crippen LogP contribution in [0.4, 0.5) is 5.69 Å². The Kier molecular flexibility index (Phi) is 16.1. The van der Waals surface area contributed by atoms with Gasteiger partial charge in [-0.05, 0) is 54.4 Å². The highest BCUT2D eigenvalue weighted by molar-refractivity contribution is 7.96. The number of rotatable bonds is 20. The van der Waals surface area contributed by atoms with Crippen molar-refractivity contribution in [2.45, 2.75) is 65.6 Å². The van der Waals surface area contributed by atoms with Gasteiger partial charge in [-0.15, -0.1) is 0 Å². The van der Waals surface area contributed by atoms with E-state index in [9.17, 15) is 9.59 Å². The van der Waals surface area contributed by atoms with Crippen molar-refractivity contribution in [3.05, 3.63) is 54.6 Å². The lowest BCUT2D eigenvalue weighted by Gasteiger charge is -2.19. The third kappa shape index (κ3) is 13.2. The molecule has 1 atom stereocenters. The first-order valence-corrected chi connectivity index (χ1v) is 15.4. The number of carbonyl (C=O) groups is 2. The molecule has 2 aromatic carbocycles. The van der Waals surface area contributed by atoms with Crippen molar-refractivity contribution < 1.29 is 28.5 Å². The number of benzene rings is 2. The van der Waals surface area contributed by atoms with Crippen molar-refractivity contribution >= 4 is 28.5 Å². The second kappa shape index (κ2) is 19.4. The number of ether oxygens (including phenoxy) is 4. The summed E-state index contributed by atoms with van der Waals surface area (Å²) in [4.78, 5) is 25.0. The Morgan fingerprint density at radius 2 is 1.55 bits per heavy atom. The predicted octanol–water partition coefficient (Wildman–Crippen LogP) is 5.99. The van der Waals surface area contributed by atoms with Gasteiger partial charge in [-0.2, -0.15) is 0 Å². The molecule has 0 radical (unpaired) electrons. The molecule has 0 bridgehead atoms. The highest BCUT2D eigenvalue weighted by Crippen LogP contribution is 2.24. The Morgan fingerprint density at radius 1 is 0.842 bits per heavy atom. The largest absolute Gasteiger partial charge is 0.491 e. The molecule has 1 unspecified atom stereocenters. The average molecular weight is 547 g/mol. The number of amides is 1. The van der Waals surface area contributed by atoms with Gasteiger partial charge in [-0.3, -0.25) is 4.79 Å². The van der Waals surface area contributed by atoms with Gasteiger partial charge < -0.3 is 24.3 Å². The van der Waals surface area contributed by atoms with Gasteiger partial charge in [-0.1, -0.05) is 57.5 Å². The summed E-state index contributed by atoms with van der Waals surface area (Å²) in [6, 6.07) is 16.5. The molecule has 1 N–H and O–H groups in total. The molecule has 2 rings (SSSR count). The zero-order valence-electron chi connectivity index (χ0n) is 23.1. The lowest BCUT2D eigenvalue weighted by atomic mass is 10.3. The summed E-state index contributed by atoms with van der Waals surface area (Å²) in [7, 11) is 0.303. The third-order valence-corrected chi connectivity index (χ3v) is 8.29. The molecule has 8 heteroatoms. The molecule has 0 saturated carbocycles. The molecule has 2 aromatic rings. The minimum absolute atomic E-state index is 0.00104. The SMILES string of the molecule is CCCCOC(CCOc1ccccc1NC(=O)CC[S+](CCC)CCC)OC(=O)COc1ccccc1. The number of nitrogens with one attached hydrogen (secondary N) is 1. The number of carbonyl (C=O) groups excluding carboxylic acids is 2. The lowest BCUT2D eigenvalue weighted by molar-refractivity contribution is -0.183. The predicted molar refractivity (Wildman–Crippen MR) is 155 cm³/mol. The van der Waals surface area contributed by atoms with Gasteiger partial charge in [0, 0.05) is 6.42 Å². The lowest BCUT2D eigenvalue weighted by Crippen LogP contribution is -2.27. The van der Waals surface area contributed by atoms with Crippen molar-refractivity contribution in [3.63, 3.8) is 0 Å². The molecule has 0 fully saturated rings. The van der Waals surface area contributed by atoms with E-state index in [0.29, 0.717) is 47.5 Å². The molecule has 0 saturated heterocycles.